The Morgan fingerprint density at radius 2 is 0.258 bits per heavy atom. The minimum atomic E-state index is -6.93. The fourth-order valence-electron chi connectivity index (χ4n) is 0. The van der Waals surface area contributed by atoms with Crippen LogP contribution in [0.5, 0.6) is 0 Å². The van der Waals surface area contributed by atoms with Gasteiger partial charge in [0.1, 0.15) is 0 Å². The monoisotopic (exact) mass is 1660 g/mol. The predicted molar refractivity (Wildman–Crippen MR) is 91.1 cm³/mol. The summed E-state index contributed by atoms with van der Waals surface area (Å²) in [6.45, 7) is 0. The Balaban J connectivity index is -0.000000000652. The third-order valence-electron chi connectivity index (χ3n) is 0. The minimum Gasteiger partial charge on any atom is 0 e. The average Bonchev–Trinajstić information content (AvgIpc) is 0.592. The van der Waals surface area contributed by atoms with Gasteiger partial charge in [0.05, 0.1) is 0 Å². The molecule has 0 amide bonds. The first kappa shape index (κ1) is 406. The molecule has 0 aliphatic rings. The van der Waals surface area contributed by atoms with Crippen LogP contribution in [0.2, 0.25) is 0 Å². The Hall–Kier alpha value is 3.96. The summed E-state index contributed by atoms with van der Waals surface area (Å²) in [6.07, 6.45) is 0. The quantitative estimate of drug-likeness (QED) is 0.179. The molecule has 0 saturated heterocycles. The van der Waals surface area contributed by atoms with Crippen LogP contribution < -0.4 is 0 Å². The van der Waals surface area contributed by atoms with E-state index in [9.17, 15) is 0 Å². The van der Waals surface area contributed by atoms with E-state index in [0.29, 0.717) is 0 Å². The number of hydrogen-bond donors (Lipinski definition) is 1. The first-order chi connectivity index (χ1) is 2.45. The molecule has 31 heteroatoms. The van der Waals surface area contributed by atoms with Crippen molar-refractivity contribution in [3.05, 3.63) is 0 Å². The third-order valence-corrected chi connectivity index (χ3v) is 0. The molecule has 0 heterocycles. The summed E-state index contributed by atoms with van der Waals surface area (Å²) in [5, 5.41) is 0. The molecule has 0 rings (SSSR count). The van der Waals surface area contributed by atoms with Gasteiger partial charge in [-0.2, -0.15) is 0 Å². The predicted octanol–water partition coefficient (Wildman–Crippen LogP) is -19.9. The second kappa shape index (κ2) is 103. The summed E-state index contributed by atoms with van der Waals surface area (Å²) >= 11 is -6.93. The second-order valence-corrected chi connectivity index (χ2v) is 9.91. The van der Waals surface area contributed by atoms with E-state index in [2.05, 4.69) is 0 Å². The SMILES string of the molecule is O.O.O.O.O.O.O.O.O.O.O.O.O.O.O.O.O.O.O[Te]([OH2+])([OH2+])([OH2+])([OH2+])[OH2+].[W].[W].[W].[W].[W].[W]. The van der Waals surface area contributed by atoms with Gasteiger partial charge < -0.3 is 98.6 Å². The van der Waals surface area contributed by atoms with Gasteiger partial charge >= 0.3 is 38.7 Å². The summed E-state index contributed by atoms with van der Waals surface area (Å²) in [5.41, 5.74) is 0. The zero-order valence-electron chi connectivity index (χ0n) is 14.8. The molecule has 31 heavy (non-hydrogen) atoms. The van der Waals surface area contributed by atoms with Gasteiger partial charge in [-0.1, -0.05) is 0 Å². The van der Waals surface area contributed by atoms with Crippen molar-refractivity contribution < 1.29 is 246 Å². The van der Waals surface area contributed by atoms with Gasteiger partial charge in [0.15, 0.2) is 0 Å². The van der Waals surface area contributed by atoms with Gasteiger partial charge in [-0.05, 0) is 0 Å². The first-order valence-corrected chi connectivity index (χ1v) is 8.07. The Morgan fingerprint density at radius 3 is 0.258 bits per heavy atom. The Morgan fingerprint density at radius 1 is 0.258 bits per heavy atom. The molecular formula is H47O24TeW6+5. The molecule has 0 fully saturated rings. The normalized spacial score (nSPS) is 5.23. The van der Waals surface area contributed by atoms with Gasteiger partial charge in [0.25, 0.3) is 0 Å². The van der Waals surface area contributed by atoms with Gasteiger partial charge in [-0.3, -0.25) is 0 Å². The van der Waals surface area contributed by atoms with Crippen LogP contribution in [0.25, 0.3) is 0 Å². The van der Waals surface area contributed by atoms with Crippen molar-refractivity contribution in [1.29, 1.82) is 0 Å². The molecule has 47 N–H and O–H groups in total. The van der Waals surface area contributed by atoms with E-state index in [4.69, 9.17) is 20.8 Å². The largest absolute Gasteiger partial charge is 0 e. The van der Waals surface area contributed by atoms with Gasteiger partial charge in [-0.15, -0.1) is 0 Å². The maximum Gasteiger partial charge on any atom is 0 e. The standard InChI is InChI=1S/H6O6Te.18H2O.6W/c1-7(2,3,4,5)6;;;;;;;;;;;;;;;;;;;;;;;;/h1-6H;18*1H2;;;;;;/p+5. The first-order valence-electron chi connectivity index (χ1n) is 1.20. The molecule has 0 aliphatic carbocycles. The van der Waals surface area contributed by atoms with Crippen LogP contribution in [0.3, 0.4) is 0 Å². The summed E-state index contributed by atoms with van der Waals surface area (Å²) in [5.74, 6) is 0. The summed E-state index contributed by atoms with van der Waals surface area (Å²) < 4.78 is 38.3. The zero-order chi connectivity index (χ0) is 6.41. The molecule has 0 aromatic rings. The van der Waals surface area contributed by atoms with E-state index < -0.39 is 17.9 Å². The number of rotatable bonds is 0. The fourth-order valence-corrected chi connectivity index (χ4v) is 0. The topological polar surface area (TPSA) is 702 Å². The molecule has 0 radical (unpaired) electrons. The average molecular weight is 1660 g/mol. The molecule has 228 valence electrons. The van der Waals surface area contributed by atoms with Crippen LogP contribution in [0.4, 0.5) is 0 Å². The van der Waals surface area contributed by atoms with Gasteiger partial charge in [0.2, 0.25) is 0 Å². The minimum absolute atomic E-state index is 0. The van der Waals surface area contributed by atoms with E-state index in [-0.39, 0.29) is 225 Å². The van der Waals surface area contributed by atoms with Crippen LogP contribution in [-0.2, 0) is 126 Å². The summed E-state index contributed by atoms with van der Waals surface area (Å²) in [4.78, 5) is 0. The van der Waals surface area contributed by atoms with E-state index in [0.717, 1.165) is 0 Å². The molecule has 0 aliphatic heterocycles. The van der Waals surface area contributed by atoms with Crippen molar-refractivity contribution in [2.24, 2.45) is 0 Å². The van der Waals surface area contributed by atoms with E-state index >= 15 is 0 Å². The smallest absolute Gasteiger partial charge is 0 e. The van der Waals surface area contributed by atoms with Crippen LogP contribution >= 0.6 is 0 Å². The molecule has 0 aromatic heterocycles. The van der Waals surface area contributed by atoms with E-state index in [1.165, 1.54) is 0 Å². The Labute approximate surface area is 260 Å². The molecule has 0 atom stereocenters. The van der Waals surface area contributed by atoms with Crippen LogP contribution in [-0.4, -0.2) is 137 Å². The number of hydrogen-bond acceptors (Lipinski definition) is 1. The Bertz CT molecular complexity index is 86.6. The van der Waals surface area contributed by atoms with E-state index in [1.807, 2.05) is 0 Å². The van der Waals surface area contributed by atoms with E-state index in [1.54, 1.807) is 0 Å². The summed E-state index contributed by atoms with van der Waals surface area (Å²) in [7, 11) is 0. The summed E-state index contributed by atoms with van der Waals surface area (Å²) in [6, 6.07) is 0. The third kappa shape index (κ3) is 2210. The maximum absolute atomic E-state index is 7.97. The fraction of sp³-hybridized carbons (Fsp3) is 0. The van der Waals surface area contributed by atoms with Crippen molar-refractivity contribution >= 4 is 17.9 Å². The second-order valence-electron chi connectivity index (χ2n) is 1.48. The maximum atomic E-state index is 7.97. The zero-order valence-corrected chi connectivity index (χ0v) is 34.7. The van der Waals surface area contributed by atoms with Crippen molar-refractivity contribution in [1.82, 2.24) is 0 Å². The molecule has 0 spiro atoms. The van der Waals surface area contributed by atoms with Crippen LogP contribution in [0, 0.1) is 0 Å². The van der Waals surface area contributed by atoms with Crippen molar-refractivity contribution in [3.8, 4) is 0 Å². The molecule has 0 aromatic carbocycles. The van der Waals surface area contributed by atoms with Crippen LogP contribution in [0.15, 0.2) is 0 Å². The van der Waals surface area contributed by atoms with Crippen molar-refractivity contribution in [2.75, 3.05) is 0 Å². The van der Waals surface area contributed by atoms with Crippen molar-refractivity contribution in [3.63, 3.8) is 0 Å². The van der Waals surface area contributed by atoms with Crippen LogP contribution in [0.1, 0.15) is 0 Å². The Kier molecular flexibility index (Phi) is 1350. The molecule has 0 bridgehead atoms. The van der Waals surface area contributed by atoms with Crippen molar-refractivity contribution in [2.45, 2.75) is 0 Å². The molecule has 24 nitrogen and oxygen atoms in total. The van der Waals surface area contributed by atoms with Gasteiger partial charge in [-0.25, -0.2) is 0 Å². The molecule has 0 unspecified atom stereocenters. The van der Waals surface area contributed by atoms with Gasteiger partial charge in [0, 0.05) is 126 Å². The molecular weight excluding hydrogens is 1610 g/mol. The molecule has 0 saturated carbocycles.